The van der Waals surface area contributed by atoms with E-state index in [1.54, 1.807) is 24.3 Å². The Labute approximate surface area is 102 Å². The Morgan fingerprint density at radius 1 is 1.53 bits per heavy atom. The summed E-state index contributed by atoms with van der Waals surface area (Å²) in [5, 5.41) is 9.08. The van der Waals surface area contributed by atoms with Crippen LogP contribution in [-0.4, -0.2) is 16.8 Å². The van der Waals surface area contributed by atoms with E-state index in [1.807, 2.05) is 0 Å². The molecule has 0 saturated carbocycles. The van der Waals surface area contributed by atoms with Crippen molar-refractivity contribution in [2.75, 3.05) is 5.75 Å². The fraction of sp³-hybridized carbons (Fsp3) is 0.100. The standard InChI is InChI=1S/C10H8Cl2O2S/c11-4-1-5-15-7-2-3-9(12)8(6-7)10(13)14/h1-4,6H,5H2,(H,13,14)/b4-1+. The van der Waals surface area contributed by atoms with Crippen molar-refractivity contribution < 1.29 is 9.90 Å². The third kappa shape index (κ3) is 3.78. The molecule has 0 radical (unpaired) electrons. The molecule has 15 heavy (non-hydrogen) atoms. The van der Waals surface area contributed by atoms with Crippen LogP contribution in [0.2, 0.25) is 5.02 Å². The van der Waals surface area contributed by atoms with Gasteiger partial charge in [0, 0.05) is 16.2 Å². The summed E-state index contributed by atoms with van der Waals surface area (Å²) >= 11 is 12.6. The Morgan fingerprint density at radius 2 is 2.27 bits per heavy atom. The van der Waals surface area contributed by atoms with Gasteiger partial charge in [-0.15, -0.1) is 11.8 Å². The molecule has 0 spiro atoms. The first kappa shape index (κ1) is 12.4. The van der Waals surface area contributed by atoms with Gasteiger partial charge in [0.1, 0.15) is 0 Å². The molecule has 1 aromatic carbocycles. The van der Waals surface area contributed by atoms with Crippen LogP contribution in [0.4, 0.5) is 0 Å². The third-order valence-electron chi connectivity index (χ3n) is 1.60. The molecule has 0 heterocycles. The first-order valence-electron chi connectivity index (χ1n) is 4.06. The lowest BCUT2D eigenvalue weighted by Crippen LogP contribution is -1.97. The van der Waals surface area contributed by atoms with Crippen LogP contribution in [0.3, 0.4) is 0 Å². The van der Waals surface area contributed by atoms with E-state index in [2.05, 4.69) is 0 Å². The summed E-state index contributed by atoms with van der Waals surface area (Å²) < 4.78 is 0. The maximum atomic E-state index is 10.8. The highest BCUT2D eigenvalue weighted by molar-refractivity contribution is 7.99. The molecule has 1 N–H and O–H groups in total. The summed E-state index contributed by atoms with van der Waals surface area (Å²) in [7, 11) is 0. The molecular formula is C10H8Cl2O2S. The number of aromatic carboxylic acids is 1. The molecule has 0 amide bonds. The average molecular weight is 263 g/mol. The second kappa shape index (κ2) is 6.05. The minimum Gasteiger partial charge on any atom is -0.478 e. The number of thioether (sulfide) groups is 1. The van der Waals surface area contributed by atoms with Crippen molar-refractivity contribution in [3.05, 3.63) is 40.4 Å². The Kier molecular flexibility index (Phi) is 5.02. The molecule has 0 unspecified atom stereocenters. The first-order chi connectivity index (χ1) is 7.15. The molecular weight excluding hydrogens is 255 g/mol. The average Bonchev–Trinajstić information content (AvgIpc) is 2.20. The van der Waals surface area contributed by atoms with Crippen LogP contribution in [0.1, 0.15) is 10.4 Å². The van der Waals surface area contributed by atoms with Crippen LogP contribution in [0.5, 0.6) is 0 Å². The molecule has 1 aromatic rings. The van der Waals surface area contributed by atoms with E-state index >= 15 is 0 Å². The molecule has 5 heteroatoms. The molecule has 0 bridgehead atoms. The van der Waals surface area contributed by atoms with Gasteiger partial charge in [-0.25, -0.2) is 4.79 Å². The molecule has 0 aromatic heterocycles. The highest BCUT2D eigenvalue weighted by atomic mass is 35.5. The van der Waals surface area contributed by atoms with Crippen molar-refractivity contribution >= 4 is 40.9 Å². The summed E-state index contributed by atoms with van der Waals surface area (Å²) in [6.45, 7) is 0. The largest absolute Gasteiger partial charge is 0.478 e. The van der Waals surface area contributed by atoms with E-state index in [1.165, 1.54) is 17.3 Å². The zero-order chi connectivity index (χ0) is 11.3. The molecule has 1 rings (SSSR count). The summed E-state index contributed by atoms with van der Waals surface area (Å²) in [5.41, 5.74) is 1.55. The lowest BCUT2D eigenvalue weighted by atomic mass is 10.2. The number of halogens is 2. The summed E-state index contributed by atoms with van der Waals surface area (Å²) in [4.78, 5) is 11.6. The Bertz CT molecular complexity index is 391. The zero-order valence-electron chi connectivity index (χ0n) is 7.61. The van der Waals surface area contributed by atoms with Crippen LogP contribution in [0.25, 0.3) is 0 Å². The van der Waals surface area contributed by atoms with E-state index in [0.717, 1.165) is 4.90 Å². The van der Waals surface area contributed by atoms with Crippen molar-refractivity contribution in [3.8, 4) is 0 Å². The van der Waals surface area contributed by atoms with E-state index < -0.39 is 5.97 Å². The summed E-state index contributed by atoms with van der Waals surface area (Å²) in [5.74, 6) is -0.320. The maximum absolute atomic E-state index is 10.8. The molecule has 2 nitrogen and oxygen atoms in total. The van der Waals surface area contributed by atoms with Gasteiger partial charge in [-0.1, -0.05) is 29.3 Å². The van der Waals surface area contributed by atoms with Gasteiger partial charge < -0.3 is 5.11 Å². The second-order valence-electron chi connectivity index (χ2n) is 2.62. The maximum Gasteiger partial charge on any atom is 0.337 e. The molecule has 0 aliphatic carbocycles. The molecule has 0 aliphatic heterocycles. The molecule has 0 atom stereocenters. The lowest BCUT2D eigenvalue weighted by Gasteiger charge is -2.02. The molecule has 80 valence electrons. The zero-order valence-corrected chi connectivity index (χ0v) is 9.94. The number of carboxylic acids is 1. The van der Waals surface area contributed by atoms with Crippen LogP contribution in [0, 0.1) is 0 Å². The Hall–Kier alpha value is -0.640. The minimum atomic E-state index is -1.02. The fourth-order valence-electron chi connectivity index (χ4n) is 0.939. The quantitative estimate of drug-likeness (QED) is 0.837. The van der Waals surface area contributed by atoms with Gasteiger partial charge in [0.25, 0.3) is 0 Å². The number of hydrogen-bond acceptors (Lipinski definition) is 2. The van der Waals surface area contributed by atoms with Gasteiger partial charge in [-0.2, -0.15) is 0 Å². The van der Waals surface area contributed by atoms with E-state index in [0.29, 0.717) is 5.75 Å². The fourth-order valence-corrected chi connectivity index (χ4v) is 2.08. The highest BCUT2D eigenvalue weighted by Crippen LogP contribution is 2.24. The van der Waals surface area contributed by atoms with E-state index in [4.69, 9.17) is 28.3 Å². The topological polar surface area (TPSA) is 37.3 Å². The lowest BCUT2D eigenvalue weighted by molar-refractivity contribution is 0.0697. The minimum absolute atomic E-state index is 0.122. The number of rotatable bonds is 4. The summed E-state index contributed by atoms with van der Waals surface area (Å²) in [6.07, 6.45) is 1.78. The van der Waals surface area contributed by atoms with Crippen LogP contribution < -0.4 is 0 Å². The van der Waals surface area contributed by atoms with Gasteiger partial charge in [0.05, 0.1) is 10.6 Å². The predicted molar refractivity (Wildman–Crippen MR) is 64.1 cm³/mol. The predicted octanol–water partition coefficient (Wildman–Crippen LogP) is 3.88. The van der Waals surface area contributed by atoms with Gasteiger partial charge in [0.15, 0.2) is 0 Å². The van der Waals surface area contributed by atoms with Crippen molar-refractivity contribution in [1.29, 1.82) is 0 Å². The highest BCUT2D eigenvalue weighted by Gasteiger charge is 2.08. The van der Waals surface area contributed by atoms with Crippen LogP contribution >= 0.6 is 35.0 Å². The monoisotopic (exact) mass is 262 g/mol. The summed E-state index contributed by atoms with van der Waals surface area (Å²) in [6, 6.07) is 4.91. The van der Waals surface area contributed by atoms with Crippen molar-refractivity contribution in [1.82, 2.24) is 0 Å². The first-order valence-corrected chi connectivity index (χ1v) is 5.86. The van der Waals surface area contributed by atoms with Crippen LogP contribution in [-0.2, 0) is 0 Å². The van der Waals surface area contributed by atoms with Gasteiger partial charge in [-0.05, 0) is 18.2 Å². The smallest absolute Gasteiger partial charge is 0.337 e. The molecule has 0 fully saturated rings. The SMILES string of the molecule is O=C(O)c1cc(SC/C=C/Cl)ccc1Cl. The normalized spacial score (nSPS) is 10.8. The Morgan fingerprint density at radius 3 is 2.87 bits per heavy atom. The number of hydrogen-bond donors (Lipinski definition) is 1. The number of carbonyl (C=O) groups is 1. The van der Waals surface area contributed by atoms with Crippen molar-refractivity contribution in [3.63, 3.8) is 0 Å². The van der Waals surface area contributed by atoms with Gasteiger partial charge >= 0.3 is 5.97 Å². The molecule has 0 saturated heterocycles. The molecule has 0 aliphatic rings. The van der Waals surface area contributed by atoms with Crippen LogP contribution in [0.15, 0.2) is 34.7 Å². The van der Waals surface area contributed by atoms with E-state index in [9.17, 15) is 4.79 Å². The van der Waals surface area contributed by atoms with Gasteiger partial charge in [0.2, 0.25) is 0 Å². The van der Waals surface area contributed by atoms with E-state index in [-0.39, 0.29) is 10.6 Å². The van der Waals surface area contributed by atoms with Crippen molar-refractivity contribution in [2.24, 2.45) is 0 Å². The second-order valence-corrected chi connectivity index (χ2v) is 4.37. The van der Waals surface area contributed by atoms with Crippen molar-refractivity contribution in [2.45, 2.75) is 4.90 Å². The number of benzene rings is 1. The number of carboxylic acid groups (broad SMARTS) is 1. The Balaban J connectivity index is 2.83. The van der Waals surface area contributed by atoms with Gasteiger partial charge in [-0.3, -0.25) is 0 Å². The third-order valence-corrected chi connectivity index (χ3v) is 3.06.